The molecule has 0 amide bonds. The van der Waals surface area contributed by atoms with Gasteiger partial charge in [-0.1, -0.05) is 40.0 Å². The molecule has 1 aliphatic heterocycles. The first kappa shape index (κ1) is 26.9. The van der Waals surface area contributed by atoms with Gasteiger partial charge >= 0.3 is 0 Å². The molecule has 5 rings (SSSR count). The SMILES string of the molecule is Cn1nc(C(C)(C)C)c2nc(N(CC3CCCCC3)CC3CCN(S(=O)(=O)c4cnc[nH]4)CC3)[nH]c(=O)c21. The van der Waals surface area contributed by atoms with Crippen LogP contribution in [0.4, 0.5) is 5.95 Å². The summed E-state index contributed by atoms with van der Waals surface area (Å²) in [6.45, 7) is 8.75. The zero-order valence-electron chi connectivity index (χ0n) is 22.9. The molecule has 1 aliphatic carbocycles. The molecule has 3 aromatic rings. The van der Waals surface area contributed by atoms with Gasteiger partial charge in [0.15, 0.2) is 10.5 Å². The molecule has 1 saturated carbocycles. The zero-order valence-corrected chi connectivity index (χ0v) is 23.7. The largest absolute Gasteiger partial charge is 0.342 e. The Labute approximate surface area is 224 Å². The number of H-pyrrole nitrogens is 2. The summed E-state index contributed by atoms with van der Waals surface area (Å²) in [7, 11) is -1.77. The number of nitrogens with one attached hydrogen (secondary N) is 2. The number of imidazole rings is 1. The first-order valence-electron chi connectivity index (χ1n) is 13.7. The Kier molecular flexibility index (Phi) is 7.38. The maximum atomic E-state index is 13.3. The van der Waals surface area contributed by atoms with Crippen molar-refractivity contribution in [1.29, 1.82) is 0 Å². The van der Waals surface area contributed by atoms with Gasteiger partial charge in [-0.3, -0.25) is 14.5 Å². The Morgan fingerprint density at radius 1 is 1.05 bits per heavy atom. The molecule has 38 heavy (non-hydrogen) atoms. The maximum absolute atomic E-state index is 13.3. The summed E-state index contributed by atoms with van der Waals surface area (Å²) in [6, 6.07) is 0. The number of hydrogen-bond donors (Lipinski definition) is 2. The van der Waals surface area contributed by atoms with Crippen molar-refractivity contribution in [1.82, 2.24) is 34.0 Å². The van der Waals surface area contributed by atoms with Crippen molar-refractivity contribution >= 4 is 27.0 Å². The molecule has 0 spiro atoms. The van der Waals surface area contributed by atoms with E-state index in [4.69, 9.17) is 4.98 Å². The Hall–Kier alpha value is -2.73. The summed E-state index contributed by atoms with van der Waals surface area (Å²) in [6.07, 6.45) is 10.4. The highest BCUT2D eigenvalue weighted by molar-refractivity contribution is 7.89. The number of hydrogen-bond acceptors (Lipinski definition) is 7. The lowest BCUT2D eigenvalue weighted by atomic mass is 9.88. The first-order valence-corrected chi connectivity index (χ1v) is 15.2. The molecule has 0 radical (unpaired) electrons. The van der Waals surface area contributed by atoms with Crippen molar-refractivity contribution in [3.05, 3.63) is 28.6 Å². The van der Waals surface area contributed by atoms with Crippen molar-refractivity contribution in [2.24, 2.45) is 18.9 Å². The van der Waals surface area contributed by atoms with Crippen LogP contribution in [0.5, 0.6) is 0 Å². The fraction of sp³-hybridized carbons (Fsp3) is 0.692. The molecule has 0 aromatic carbocycles. The molecule has 208 valence electrons. The number of piperidine rings is 1. The van der Waals surface area contributed by atoms with E-state index >= 15 is 0 Å². The molecular weight excluding hydrogens is 504 g/mol. The summed E-state index contributed by atoms with van der Waals surface area (Å²) in [4.78, 5) is 30.2. The number of nitrogens with zero attached hydrogens (tertiary/aromatic N) is 6. The predicted molar refractivity (Wildman–Crippen MR) is 147 cm³/mol. The number of anilines is 1. The fourth-order valence-corrected chi connectivity index (χ4v) is 7.28. The number of rotatable bonds is 7. The number of fused-ring (bicyclic) bond motifs is 1. The number of aromatic nitrogens is 6. The lowest BCUT2D eigenvalue weighted by molar-refractivity contribution is 0.268. The molecular formula is C26H40N8O3S. The second-order valence-corrected chi connectivity index (χ2v) is 13.9. The molecule has 2 fully saturated rings. The predicted octanol–water partition coefficient (Wildman–Crippen LogP) is 3.16. The van der Waals surface area contributed by atoms with Crippen molar-refractivity contribution in [2.75, 3.05) is 31.1 Å². The van der Waals surface area contributed by atoms with Crippen LogP contribution in [0.3, 0.4) is 0 Å². The van der Waals surface area contributed by atoms with Crippen molar-refractivity contribution < 1.29 is 8.42 Å². The number of aromatic amines is 2. The molecule has 11 nitrogen and oxygen atoms in total. The third-order valence-corrected chi connectivity index (χ3v) is 9.86. The normalized spacial score (nSPS) is 18.8. The Bertz CT molecular complexity index is 1410. The van der Waals surface area contributed by atoms with E-state index in [1.165, 1.54) is 44.6 Å². The molecule has 0 unspecified atom stereocenters. The highest BCUT2D eigenvalue weighted by Gasteiger charge is 2.32. The minimum absolute atomic E-state index is 0.135. The van der Waals surface area contributed by atoms with Gasteiger partial charge in [-0.2, -0.15) is 9.40 Å². The van der Waals surface area contributed by atoms with E-state index in [-0.39, 0.29) is 16.0 Å². The Morgan fingerprint density at radius 2 is 1.71 bits per heavy atom. The van der Waals surface area contributed by atoms with Crippen molar-refractivity contribution in [3.63, 3.8) is 0 Å². The van der Waals surface area contributed by atoms with Gasteiger partial charge < -0.3 is 9.88 Å². The third-order valence-electron chi connectivity index (χ3n) is 8.04. The highest BCUT2D eigenvalue weighted by Crippen LogP contribution is 2.31. The molecule has 12 heteroatoms. The third kappa shape index (κ3) is 5.38. The molecule has 3 aromatic heterocycles. The van der Waals surface area contributed by atoms with Crippen LogP contribution in [-0.2, 0) is 22.5 Å². The van der Waals surface area contributed by atoms with Gasteiger partial charge in [0, 0.05) is 38.6 Å². The van der Waals surface area contributed by atoms with Gasteiger partial charge in [-0.15, -0.1) is 0 Å². The van der Waals surface area contributed by atoms with Crippen LogP contribution in [0.25, 0.3) is 11.0 Å². The highest BCUT2D eigenvalue weighted by atomic mass is 32.2. The lowest BCUT2D eigenvalue weighted by Crippen LogP contribution is -2.43. The molecule has 2 aliphatic rings. The topological polar surface area (TPSA) is 133 Å². The van der Waals surface area contributed by atoms with E-state index in [1.807, 2.05) is 0 Å². The zero-order chi connectivity index (χ0) is 27.1. The van der Waals surface area contributed by atoms with E-state index in [1.54, 1.807) is 16.0 Å². The average molecular weight is 545 g/mol. The summed E-state index contributed by atoms with van der Waals surface area (Å²) < 4.78 is 29.0. The Morgan fingerprint density at radius 3 is 2.32 bits per heavy atom. The maximum Gasteiger partial charge on any atom is 0.278 e. The van der Waals surface area contributed by atoms with E-state index in [9.17, 15) is 13.2 Å². The van der Waals surface area contributed by atoms with Gasteiger partial charge in [-0.05, 0) is 37.5 Å². The monoisotopic (exact) mass is 544 g/mol. The average Bonchev–Trinajstić information content (AvgIpc) is 3.54. The number of sulfonamides is 1. The second-order valence-electron chi connectivity index (χ2n) is 12.0. The van der Waals surface area contributed by atoms with Crippen molar-refractivity contribution in [2.45, 2.75) is 76.2 Å². The first-order chi connectivity index (χ1) is 18.0. The lowest BCUT2D eigenvalue weighted by Gasteiger charge is -2.36. The van der Waals surface area contributed by atoms with Crippen molar-refractivity contribution in [3.8, 4) is 0 Å². The summed E-state index contributed by atoms with van der Waals surface area (Å²) >= 11 is 0. The van der Waals surface area contributed by atoms with Gasteiger partial charge in [0.05, 0.1) is 18.2 Å². The summed E-state index contributed by atoms with van der Waals surface area (Å²) in [5.74, 6) is 1.45. The molecule has 1 saturated heterocycles. The summed E-state index contributed by atoms with van der Waals surface area (Å²) in [5.41, 5.74) is 1.54. The van der Waals surface area contributed by atoms with Gasteiger partial charge in [0.1, 0.15) is 5.52 Å². The second kappa shape index (κ2) is 10.4. The van der Waals surface area contributed by atoms with Crippen LogP contribution in [0.1, 0.15) is 71.4 Å². The van der Waals surface area contributed by atoms with Gasteiger partial charge in [0.2, 0.25) is 5.95 Å². The quantitative estimate of drug-likeness (QED) is 0.467. The fourth-order valence-electron chi connectivity index (χ4n) is 5.92. The molecule has 4 heterocycles. The van der Waals surface area contributed by atoms with E-state index in [0.717, 1.165) is 31.6 Å². The molecule has 0 atom stereocenters. The van der Waals surface area contributed by atoms with E-state index in [0.29, 0.717) is 41.9 Å². The van der Waals surface area contributed by atoms with Crippen LogP contribution >= 0.6 is 0 Å². The van der Waals surface area contributed by atoms with E-state index < -0.39 is 10.0 Å². The van der Waals surface area contributed by atoms with Crippen LogP contribution in [0.15, 0.2) is 22.3 Å². The van der Waals surface area contributed by atoms with Crippen LogP contribution in [0, 0.1) is 11.8 Å². The van der Waals surface area contributed by atoms with Crippen LogP contribution < -0.4 is 10.5 Å². The van der Waals surface area contributed by atoms with E-state index in [2.05, 4.69) is 45.7 Å². The minimum Gasteiger partial charge on any atom is -0.342 e. The van der Waals surface area contributed by atoms with Crippen LogP contribution in [-0.4, -0.2) is 68.6 Å². The van der Waals surface area contributed by atoms with Gasteiger partial charge in [-0.25, -0.2) is 18.4 Å². The smallest absolute Gasteiger partial charge is 0.278 e. The number of aryl methyl sites for hydroxylation is 1. The minimum atomic E-state index is -3.56. The standard InChI is InChI=1S/C26H40N8O3S/c1-26(2,3)23-21-22(32(4)31-23)24(35)30-25(29-21)33(15-18-8-6-5-7-9-18)16-19-10-12-34(13-11-19)38(36,37)20-14-27-17-28-20/h14,17-19H,5-13,15-16H2,1-4H3,(H,27,28)(H,29,30,35). The van der Waals surface area contributed by atoms with Crippen LogP contribution in [0.2, 0.25) is 0 Å². The molecule has 2 N–H and O–H groups in total. The molecule has 0 bridgehead atoms. The Balaban J connectivity index is 1.40. The summed E-state index contributed by atoms with van der Waals surface area (Å²) in [5, 5.41) is 4.79. The van der Waals surface area contributed by atoms with Gasteiger partial charge in [0.25, 0.3) is 15.6 Å².